The Morgan fingerprint density at radius 1 is 1.38 bits per heavy atom. The van der Waals surface area contributed by atoms with Crippen LogP contribution in [0.1, 0.15) is 32.0 Å². The maximum Gasteiger partial charge on any atom is 0.143 e. The van der Waals surface area contributed by atoms with Crippen LogP contribution in [0.15, 0.2) is 30.3 Å². The molecule has 1 nitrogen and oxygen atoms in total. The van der Waals surface area contributed by atoms with Crippen molar-refractivity contribution in [3.63, 3.8) is 0 Å². The minimum atomic E-state index is -1.08. The number of benzene rings is 1. The van der Waals surface area contributed by atoms with Crippen LogP contribution in [0.4, 0.5) is 4.39 Å². The average Bonchev–Trinajstić information content (AvgIpc) is 2.18. The highest BCUT2D eigenvalue weighted by molar-refractivity contribution is 5.20. The van der Waals surface area contributed by atoms with Crippen molar-refractivity contribution in [1.29, 1.82) is 0 Å². The summed E-state index contributed by atoms with van der Waals surface area (Å²) < 4.78 is 13.8. The third kappa shape index (κ3) is 2.28. The van der Waals surface area contributed by atoms with E-state index in [4.69, 9.17) is 5.73 Å². The first kappa shape index (κ1) is 10.2. The van der Waals surface area contributed by atoms with Gasteiger partial charge >= 0.3 is 0 Å². The van der Waals surface area contributed by atoms with Crippen molar-refractivity contribution in [2.75, 3.05) is 0 Å². The molecule has 0 unspecified atom stereocenters. The van der Waals surface area contributed by atoms with Crippen LogP contribution < -0.4 is 5.73 Å². The SMILES string of the molecule is CC[C@](C)(N)[C@H](F)c1ccccc1. The van der Waals surface area contributed by atoms with Crippen LogP contribution in [-0.2, 0) is 0 Å². The van der Waals surface area contributed by atoms with Gasteiger partial charge in [-0.15, -0.1) is 0 Å². The summed E-state index contributed by atoms with van der Waals surface area (Å²) in [6, 6.07) is 9.06. The van der Waals surface area contributed by atoms with E-state index in [2.05, 4.69) is 0 Å². The molecule has 1 aromatic rings. The molecule has 13 heavy (non-hydrogen) atoms. The summed E-state index contributed by atoms with van der Waals surface area (Å²) >= 11 is 0. The van der Waals surface area contributed by atoms with Crippen molar-refractivity contribution in [2.45, 2.75) is 32.0 Å². The van der Waals surface area contributed by atoms with E-state index in [1.54, 1.807) is 19.1 Å². The molecule has 0 aliphatic heterocycles. The second-order valence-corrected chi connectivity index (χ2v) is 3.63. The quantitative estimate of drug-likeness (QED) is 0.762. The molecule has 0 aliphatic rings. The number of alkyl halides is 1. The summed E-state index contributed by atoms with van der Waals surface area (Å²) in [6.07, 6.45) is -0.457. The molecule has 0 saturated carbocycles. The molecule has 1 aromatic carbocycles. The van der Waals surface area contributed by atoms with E-state index < -0.39 is 11.7 Å². The van der Waals surface area contributed by atoms with Crippen molar-refractivity contribution in [1.82, 2.24) is 0 Å². The minimum absolute atomic E-state index is 0.628. The molecule has 0 amide bonds. The van der Waals surface area contributed by atoms with E-state index in [0.717, 1.165) is 0 Å². The van der Waals surface area contributed by atoms with Gasteiger partial charge in [-0.25, -0.2) is 4.39 Å². The van der Waals surface area contributed by atoms with Crippen molar-refractivity contribution in [2.24, 2.45) is 5.73 Å². The van der Waals surface area contributed by atoms with Crippen LogP contribution in [0.3, 0.4) is 0 Å². The summed E-state index contributed by atoms with van der Waals surface area (Å²) in [6.45, 7) is 3.64. The Hall–Kier alpha value is -0.890. The summed E-state index contributed by atoms with van der Waals surface area (Å²) in [4.78, 5) is 0. The fourth-order valence-corrected chi connectivity index (χ4v) is 1.18. The highest BCUT2D eigenvalue weighted by Gasteiger charge is 2.29. The van der Waals surface area contributed by atoms with E-state index in [1.165, 1.54) is 0 Å². The van der Waals surface area contributed by atoms with Gasteiger partial charge in [0.25, 0.3) is 0 Å². The zero-order valence-corrected chi connectivity index (χ0v) is 8.13. The average molecular weight is 181 g/mol. The molecule has 0 saturated heterocycles. The minimum Gasteiger partial charge on any atom is -0.323 e. The highest BCUT2D eigenvalue weighted by Crippen LogP contribution is 2.29. The second kappa shape index (κ2) is 3.88. The molecule has 2 heteroatoms. The van der Waals surface area contributed by atoms with E-state index >= 15 is 0 Å². The lowest BCUT2D eigenvalue weighted by Gasteiger charge is -2.27. The number of hydrogen-bond donors (Lipinski definition) is 1. The largest absolute Gasteiger partial charge is 0.323 e. The molecule has 1 rings (SSSR count). The Bertz CT molecular complexity index is 256. The Morgan fingerprint density at radius 2 is 1.92 bits per heavy atom. The highest BCUT2D eigenvalue weighted by atomic mass is 19.1. The summed E-state index contributed by atoms with van der Waals surface area (Å²) in [5.41, 5.74) is 5.72. The van der Waals surface area contributed by atoms with Crippen molar-refractivity contribution in [3.8, 4) is 0 Å². The van der Waals surface area contributed by atoms with Gasteiger partial charge in [-0.3, -0.25) is 0 Å². The van der Waals surface area contributed by atoms with Gasteiger partial charge in [0.1, 0.15) is 6.17 Å². The predicted molar refractivity (Wildman–Crippen MR) is 53.2 cm³/mol. The van der Waals surface area contributed by atoms with E-state index in [-0.39, 0.29) is 0 Å². The molecule has 0 heterocycles. The Kier molecular flexibility index (Phi) is 3.04. The normalized spacial score (nSPS) is 17.8. The smallest absolute Gasteiger partial charge is 0.143 e. The molecule has 0 spiro atoms. The van der Waals surface area contributed by atoms with Crippen LogP contribution >= 0.6 is 0 Å². The third-order valence-corrected chi connectivity index (χ3v) is 2.43. The lowest BCUT2D eigenvalue weighted by Crippen LogP contribution is -2.40. The number of nitrogens with two attached hydrogens (primary N) is 1. The second-order valence-electron chi connectivity index (χ2n) is 3.63. The maximum absolute atomic E-state index is 13.8. The van der Waals surface area contributed by atoms with Gasteiger partial charge in [0.05, 0.1) is 0 Å². The molecule has 0 aliphatic carbocycles. The first-order valence-electron chi connectivity index (χ1n) is 4.56. The summed E-state index contributed by atoms with van der Waals surface area (Å²) in [7, 11) is 0. The molecule has 2 atom stereocenters. The molecular weight excluding hydrogens is 165 g/mol. The lowest BCUT2D eigenvalue weighted by molar-refractivity contribution is 0.201. The van der Waals surface area contributed by atoms with Crippen LogP contribution in [-0.4, -0.2) is 5.54 Å². The van der Waals surface area contributed by atoms with Gasteiger partial charge in [-0.1, -0.05) is 37.3 Å². The number of rotatable bonds is 3. The number of hydrogen-bond acceptors (Lipinski definition) is 1. The monoisotopic (exact) mass is 181 g/mol. The zero-order chi connectivity index (χ0) is 9.90. The standard InChI is InChI=1S/C11H16FN/c1-3-11(2,13)10(12)9-7-5-4-6-8-9/h4-8,10H,3,13H2,1-2H3/t10-,11+/m1/s1. The molecule has 0 radical (unpaired) electrons. The van der Waals surface area contributed by atoms with Gasteiger partial charge in [-0.2, -0.15) is 0 Å². The van der Waals surface area contributed by atoms with Crippen LogP contribution in [0.5, 0.6) is 0 Å². The van der Waals surface area contributed by atoms with Crippen molar-refractivity contribution < 1.29 is 4.39 Å². The lowest BCUT2D eigenvalue weighted by atomic mass is 9.89. The molecule has 2 N–H and O–H groups in total. The maximum atomic E-state index is 13.8. The molecular formula is C11H16FN. The van der Waals surface area contributed by atoms with Gasteiger partial charge in [0, 0.05) is 5.54 Å². The van der Waals surface area contributed by atoms with E-state index in [9.17, 15) is 4.39 Å². The molecule has 0 fully saturated rings. The Morgan fingerprint density at radius 3 is 2.38 bits per heavy atom. The third-order valence-electron chi connectivity index (χ3n) is 2.43. The topological polar surface area (TPSA) is 26.0 Å². The first-order valence-corrected chi connectivity index (χ1v) is 4.56. The predicted octanol–water partition coefficient (Wildman–Crippen LogP) is 2.82. The molecule has 0 bridgehead atoms. The van der Waals surface area contributed by atoms with Gasteiger partial charge in [0.2, 0.25) is 0 Å². The van der Waals surface area contributed by atoms with Crippen LogP contribution in [0.2, 0.25) is 0 Å². The zero-order valence-electron chi connectivity index (χ0n) is 8.13. The van der Waals surface area contributed by atoms with Crippen molar-refractivity contribution in [3.05, 3.63) is 35.9 Å². The summed E-state index contributed by atoms with van der Waals surface area (Å²) in [5.74, 6) is 0. The van der Waals surface area contributed by atoms with Crippen LogP contribution in [0, 0.1) is 0 Å². The summed E-state index contributed by atoms with van der Waals surface area (Å²) in [5, 5.41) is 0. The fraction of sp³-hybridized carbons (Fsp3) is 0.455. The Labute approximate surface area is 78.8 Å². The van der Waals surface area contributed by atoms with Gasteiger partial charge < -0.3 is 5.73 Å². The van der Waals surface area contributed by atoms with Gasteiger partial charge in [-0.05, 0) is 18.9 Å². The Balaban J connectivity index is 2.85. The molecule has 72 valence electrons. The van der Waals surface area contributed by atoms with Crippen LogP contribution in [0.25, 0.3) is 0 Å². The van der Waals surface area contributed by atoms with E-state index in [0.29, 0.717) is 12.0 Å². The molecule has 0 aromatic heterocycles. The van der Waals surface area contributed by atoms with Crippen molar-refractivity contribution >= 4 is 0 Å². The van der Waals surface area contributed by atoms with Gasteiger partial charge in [0.15, 0.2) is 0 Å². The first-order chi connectivity index (χ1) is 6.08. The number of halogens is 1. The van der Waals surface area contributed by atoms with E-state index in [1.807, 2.05) is 25.1 Å². The fourth-order valence-electron chi connectivity index (χ4n) is 1.18.